The van der Waals surface area contributed by atoms with E-state index >= 15 is 0 Å². The number of allylic oxidation sites excluding steroid dienone is 1. The van der Waals surface area contributed by atoms with Crippen LogP contribution in [-0.4, -0.2) is 7.11 Å². The minimum atomic E-state index is 0.0572. The molecule has 0 aliphatic heterocycles. The summed E-state index contributed by atoms with van der Waals surface area (Å²) in [5.41, 5.74) is 3.81. The summed E-state index contributed by atoms with van der Waals surface area (Å²) in [7, 11) is 1.60. The zero-order valence-electron chi connectivity index (χ0n) is 14.0. The molecule has 0 spiro atoms. The van der Waals surface area contributed by atoms with Crippen LogP contribution in [0.1, 0.15) is 22.3 Å². The summed E-state index contributed by atoms with van der Waals surface area (Å²) in [6.45, 7) is 4.35. The average molecular weight is 318 g/mol. The third-order valence-corrected chi connectivity index (χ3v) is 3.64. The zero-order valence-corrected chi connectivity index (χ0v) is 14.0. The minimum Gasteiger partial charge on any atom is -0.496 e. The van der Waals surface area contributed by atoms with Crippen molar-refractivity contribution in [3.63, 3.8) is 0 Å². The van der Waals surface area contributed by atoms with Gasteiger partial charge in [-0.15, -0.1) is 0 Å². The van der Waals surface area contributed by atoms with Crippen molar-refractivity contribution >= 4 is 6.08 Å². The summed E-state index contributed by atoms with van der Waals surface area (Å²) in [6.07, 6.45) is 1.54. The van der Waals surface area contributed by atoms with E-state index in [1.165, 1.54) is 0 Å². The number of methoxy groups -OCH3 is 1. The lowest BCUT2D eigenvalue weighted by Crippen LogP contribution is -2.01. The van der Waals surface area contributed by atoms with Gasteiger partial charge in [-0.25, -0.2) is 0 Å². The Balaban J connectivity index is 2.31. The summed E-state index contributed by atoms with van der Waals surface area (Å²) >= 11 is 0. The fourth-order valence-electron chi connectivity index (χ4n) is 2.43. The second kappa shape index (κ2) is 7.85. The number of nitriles is 2. The summed E-state index contributed by atoms with van der Waals surface area (Å²) in [5.74, 6) is 1.56. The second-order valence-corrected chi connectivity index (χ2v) is 5.36. The third kappa shape index (κ3) is 3.94. The maximum atomic E-state index is 8.88. The van der Waals surface area contributed by atoms with Gasteiger partial charge < -0.3 is 9.47 Å². The van der Waals surface area contributed by atoms with Gasteiger partial charge in [-0.3, -0.25) is 0 Å². The number of aryl methyl sites for hydroxylation is 2. The molecule has 0 N–H and O–H groups in total. The van der Waals surface area contributed by atoms with Crippen LogP contribution in [0.25, 0.3) is 6.08 Å². The van der Waals surface area contributed by atoms with Crippen LogP contribution in [-0.2, 0) is 6.61 Å². The summed E-state index contributed by atoms with van der Waals surface area (Å²) in [4.78, 5) is 0. The standard InChI is InChI=1S/C20H18N2O2/c1-14-5-4-6-15(2)20(14)24-13-18-10-16(7-8-19(18)23-3)9-17(11-21)12-22/h4-10H,13H2,1-3H3. The maximum absolute atomic E-state index is 8.88. The zero-order chi connectivity index (χ0) is 17.5. The van der Waals surface area contributed by atoms with E-state index in [0.717, 1.165) is 28.0 Å². The highest BCUT2D eigenvalue weighted by Crippen LogP contribution is 2.27. The average Bonchev–Trinajstić information content (AvgIpc) is 2.59. The van der Waals surface area contributed by atoms with Gasteiger partial charge in [0.1, 0.15) is 35.8 Å². The van der Waals surface area contributed by atoms with Crippen LogP contribution in [0.2, 0.25) is 0 Å². The van der Waals surface area contributed by atoms with E-state index < -0.39 is 0 Å². The predicted octanol–water partition coefficient (Wildman–Crippen LogP) is 4.32. The molecule has 4 heteroatoms. The normalized spacial score (nSPS) is 9.54. The molecule has 4 nitrogen and oxygen atoms in total. The van der Waals surface area contributed by atoms with E-state index in [2.05, 4.69) is 0 Å². The lowest BCUT2D eigenvalue weighted by atomic mass is 10.1. The summed E-state index contributed by atoms with van der Waals surface area (Å²) in [6, 6.07) is 15.2. The quantitative estimate of drug-likeness (QED) is 0.770. The van der Waals surface area contributed by atoms with Crippen LogP contribution in [0.3, 0.4) is 0 Å². The molecule has 0 aromatic heterocycles. The molecule has 0 radical (unpaired) electrons. The van der Waals surface area contributed by atoms with Gasteiger partial charge in [0.15, 0.2) is 0 Å². The molecule has 0 saturated heterocycles. The molecule has 2 rings (SSSR count). The molecule has 0 saturated carbocycles. The molecule has 0 fully saturated rings. The van der Waals surface area contributed by atoms with E-state index in [1.807, 2.05) is 56.3 Å². The van der Waals surface area contributed by atoms with Gasteiger partial charge in [0.2, 0.25) is 0 Å². The van der Waals surface area contributed by atoms with Gasteiger partial charge in [0.05, 0.1) is 7.11 Å². The van der Waals surface area contributed by atoms with Gasteiger partial charge in [0, 0.05) is 5.56 Å². The number of hydrogen-bond donors (Lipinski definition) is 0. The molecule has 24 heavy (non-hydrogen) atoms. The molecular formula is C20H18N2O2. The molecule has 0 aliphatic carbocycles. The third-order valence-electron chi connectivity index (χ3n) is 3.64. The first-order valence-corrected chi connectivity index (χ1v) is 7.47. The summed E-state index contributed by atoms with van der Waals surface area (Å²) in [5, 5.41) is 17.8. The smallest absolute Gasteiger partial charge is 0.130 e. The van der Waals surface area contributed by atoms with Crippen molar-refractivity contribution in [2.24, 2.45) is 0 Å². The molecule has 0 atom stereocenters. The van der Waals surface area contributed by atoms with Crippen molar-refractivity contribution < 1.29 is 9.47 Å². The Bertz CT molecular complexity index is 819. The van der Waals surface area contributed by atoms with Crippen molar-refractivity contribution in [1.82, 2.24) is 0 Å². The number of rotatable bonds is 5. The van der Waals surface area contributed by atoms with E-state index in [-0.39, 0.29) is 5.57 Å². The molecule has 0 bridgehead atoms. The Labute approximate surface area is 142 Å². The molecule has 0 heterocycles. The van der Waals surface area contributed by atoms with Crippen molar-refractivity contribution in [3.8, 4) is 23.6 Å². The first kappa shape index (κ1) is 17.1. The van der Waals surface area contributed by atoms with Crippen molar-refractivity contribution in [2.75, 3.05) is 7.11 Å². The van der Waals surface area contributed by atoms with Crippen LogP contribution < -0.4 is 9.47 Å². The van der Waals surface area contributed by atoms with E-state index in [9.17, 15) is 0 Å². The number of nitrogens with zero attached hydrogens (tertiary/aromatic N) is 2. The Morgan fingerprint density at radius 2 is 1.75 bits per heavy atom. The minimum absolute atomic E-state index is 0.0572. The van der Waals surface area contributed by atoms with Gasteiger partial charge in [-0.05, 0) is 48.7 Å². The molecule has 0 amide bonds. The molecular weight excluding hydrogens is 300 g/mol. The largest absolute Gasteiger partial charge is 0.496 e. The predicted molar refractivity (Wildman–Crippen MR) is 92.4 cm³/mol. The van der Waals surface area contributed by atoms with Crippen LogP contribution in [0.15, 0.2) is 42.0 Å². The highest BCUT2D eigenvalue weighted by atomic mass is 16.5. The topological polar surface area (TPSA) is 66.0 Å². The molecule has 120 valence electrons. The molecule has 0 aliphatic rings. The number of hydrogen-bond acceptors (Lipinski definition) is 4. The Morgan fingerprint density at radius 1 is 1.08 bits per heavy atom. The van der Waals surface area contributed by atoms with E-state index in [0.29, 0.717) is 12.4 Å². The van der Waals surface area contributed by atoms with Crippen molar-refractivity contribution in [3.05, 3.63) is 64.2 Å². The van der Waals surface area contributed by atoms with Crippen molar-refractivity contribution in [2.45, 2.75) is 20.5 Å². The monoisotopic (exact) mass is 318 g/mol. The first-order chi connectivity index (χ1) is 11.6. The van der Waals surface area contributed by atoms with Gasteiger partial charge >= 0.3 is 0 Å². The Morgan fingerprint density at radius 3 is 2.33 bits per heavy atom. The van der Waals surface area contributed by atoms with Crippen LogP contribution in [0, 0.1) is 36.5 Å². The summed E-state index contributed by atoms with van der Waals surface area (Å²) < 4.78 is 11.4. The van der Waals surface area contributed by atoms with Crippen LogP contribution in [0.4, 0.5) is 0 Å². The molecule has 0 unspecified atom stereocenters. The van der Waals surface area contributed by atoms with Gasteiger partial charge in [-0.1, -0.05) is 24.3 Å². The van der Waals surface area contributed by atoms with E-state index in [4.69, 9.17) is 20.0 Å². The fraction of sp³-hybridized carbons (Fsp3) is 0.200. The maximum Gasteiger partial charge on any atom is 0.130 e. The van der Waals surface area contributed by atoms with Gasteiger partial charge in [0.25, 0.3) is 0 Å². The van der Waals surface area contributed by atoms with Gasteiger partial charge in [-0.2, -0.15) is 10.5 Å². The fourth-order valence-corrected chi connectivity index (χ4v) is 2.43. The molecule has 2 aromatic carbocycles. The Hall–Kier alpha value is -3.24. The number of para-hydroxylation sites is 1. The number of benzene rings is 2. The van der Waals surface area contributed by atoms with Crippen LogP contribution >= 0.6 is 0 Å². The SMILES string of the molecule is COc1ccc(C=C(C#N)C#N)cc1COc1c(C)cccc1C. The lowest BCUT2D eigenvalue weighted by Gasteiger charge is -2.14. The highest BCUT2D eigenvalue weighted by Gasteiger charge is 2.08. The highest BCUT2D eigenvalue weighted by molar-refractivity contribution is 5.63. The Kier molecular flexibility index (Phi) is 5.60. The first-order valence-electron chi connectivity index (χ1n) is 7.47. The number of ether oxygens (including phenoxy) is 2. The van der Waals surface area contributed by atoms with Crippen molar-refractivity contribution in [1.29, 1.82) is 10.5 Å². The van der Waals surface area contributed by atoms with Crippen LogP contribution in [0.5, 0.6) is 11.5 Å². The lowest BCUT2D eigenvalue weighted by molar-refractivity contribution is 0.293. The van der Waals surface area contributed by atoms with E-state index in [1.54, 1.807) is 19.3 Å². The second-order valence-electron chi connectivity index (χ2n) is 5.36. The molecule has 2 aromatic rings.